The molecule has 1 saturated heterocycles. The van der Waals surface area contributed by atoms with Gasteiger partial charge in [0.15, 0.2) is 0 Å². The Morgan fingerprint density at radius 3 is 2.88 bits per heavy atom. The van der Waals surface area contributed by atoms with Crippen molar-refractivity contribution < 1.29 is 23.2 Å². The van der Waals surface area contributed by atoms with Crippen molar-refractivity contribution in [2.75, 3.05) is 13.1 Å². The van der Waals surface area contributed by atoms with Gasteiger partial charge in [-0.15, -0.1) is 0 Å². The largest absolute Gasteiger partial charge is 0.392 e. The lowest BCUT2D eigenvalue weighted by atomic mass is 9.80. The van der Waals surface area contributed by atoms with Gasteiger partial charge < -0.3 is 14.9 Å². The summed E-state index contributed by atoms with van der Waals surface area (Å²) in [5.74, 6) is -2.65. The lowest BCUT2D eigenvalue weighted by Gasteiger charge is -2.35. The maximum absolute atomic E-state index is 12.9. The van der Waals surface area contributed by atoms with Gasteiger partial charge in [0.2, 0.25) is 11.8 Å². The number of hydrogen-bond donors (Lipinski definition) is 2. The minimum absolute atomic E-state index is 0.0588. The number of carbonyl (C=O) groups is 1. The minimum atomic E-state index is -2.68. The highest BCUT2D eigenvalue weighted by Gasteiger charge is 2.49. The molecule has 1 unspecified atom stereocenters. The molecule has 0 spiro atoms. The third kappa shape index (κ3) is 3.55. The Kier molecular flexibility index (Phi) is 4.27. The van der Waals surface area contributed by atoms with E-state index >= 15 is 0 Å². The number of carbonyl (C=O) groups excluding carboxylic acids is 1. The molecule has 1 aromatic rings. The Labute approximate surface area is 144 Å². The average Bonchev–Trinajstić information content (AvgIpc) is 3.12. The summed E-state index contributed by atoms with van der Waals surface area (Å²) < 4.78 is 31.3. The first-order valence-corrected chi connectivity index (χ1v) is 8.94. The molecule has 1 aliphatic heterocycles. The molecule has 1 amide bonds. The average molecular weight is 355 g/mol. The van der Waals surface area contributed by atoms with E-state index in [0.29, 0.717) is 25.9 Å². The number of likely N-dealkylation sites (tertiary alicyclic amines) is 1. The topological polar surface area (TPSA) is 78.6 Å². The van der Waals surface area contributed by atoms with Crippen LogP contribution in [0.4, 0.5) is 8.78 Å². The number of alkyl halides is 2. The molecule has 8 heteroatoms. The fraction of sp³-hybridized carbons (Fsp3) is 0.765. The second kappa shape index (κ2) is 6.32. The fourth-order valence-corrected chi connectivity index (χ4v) is 4.04. The van der Waals surface area contributed by atoms with Gasteiger partial charge in [0.25, 0.3) is 0 Å². The smallest absolute Gasteiger partial charge is 0.249 e. The van der Waals surface area contributed by atoms with Crippen LogP contribution < -0.4 is 5.32 Å². The summed E-state index contributed by atoms with van der Waals surface area (Å²) in [4.78, 5) is 14.3. The molecule has 6 nitrogen and oxygen atoms in total. The molecular weight excluding hydrogens is 332 g/mol. The first-order valence-electron chi connectivity index (χ1n) is 8.94. The van der Waals surface area contributed by atoms with E-state index < -0.39 is 11.8 Å². The summed E-state index contributed by atoms with van der Waals surface area (Å²) in [5, 5.41) is 16.7. The standard InChI is InChI=1S/C17H23F2N3O3/c18-17(19)6-10(7-17)16(24)20-11-1-2-15-13(5-11)14(21-25-15)9-22-4-3-12(23)8-22/h10-12,23H,1-9H2,(H,20,24)/t11?,12-/m1/s1. The van der Waals surface area contributed by atoms with Gasteiger partial charge in [0.1, 0.15) is 11.5 Å². The Bertz CT molecular complexity index is 656. The molecule has 2 aliphatic carbocycles. The molecule has 2 atom stereocenters. The molecular formula is C17H23F2N3O3. The van der Waals surface area contributed by atoms with E-state index in [1.807, 2.05) is 0 Å². The molecule has 0 aromatic carbocycles. The SMILES string of the molecule is O=C(NC1CCc2onc(CN3CC[C@@H](O)C3)c2C1)C1CC(F)(F)C1. The van der Waals surface area contributed by atoms with E-state index in [2.05, 4.69) is 15.4 Å². The van der Waals surface area contributed by atoms with Crippen molar-refractivity contribution in [2.45, 2.75) is 63.1 Å². The van der Waals surface area contributed by atoms with Crippen LogP contribution in [0.25, 0.3) is 0 Å². The van der Waals surface area contributed by atoms with E-state index in [1.54, 1.807) is 0 Å². The van der Waals surface area contributed by atoms with Crippen molar-refractivity contribution in [3.63, 3.8) is 0 Å². The van der Waals surface area contributed by atoms with Gasteiger partial charge in [0.05, 0.1) is 6.10 Å². The van der Waals surface area contributed by atoms with Gasteiger partial charge in [0, 0.05) is 56.4 Å². The van der Waals surface area contributed by atoms with Gasteiger partial charge in [-0.25, -0.2) is 8.78 Å². The molecule has 1 saturated carbocycles. The normalized spacial score (nSPS) is 29.2. The highest BCUT2D eigenvalue weighted by atomic mass is 19.3. The number of β-amino-alcohol motifs (C(OH)–C–C–N with tert-alkyl or cyclic N) is 1. The van der Waals surface area contributed by atoms with E-state index in [4.69, 9.17) is 4.52 Å². The number of amides is 1. The maximum atomic E-state index is 12.9. The molecule has 2 N–H and O–H groups in total. The van der Waals surface area contributed by atoms with E-state index in [0.717, 1.165) is 36.4 Å². The molecule has 0 bridgehead atoms. The third-order valence-electron chi connectivity index (χ3n) is 5.55. The third-order valence-corrected chi connectivity index (χ3v) is 5.55. The van der Waals surface area contributed by atoms with Crippen LogP contribution in [-0.4, -0.2) is 52.2 Å². The van der Waals surface area contributed by atoms with Gasteiger partial charge in [-0.3, -0.25) is 9.69 Å². The van der Waals surface area contributed by atoms with Crippen molar-refractivity contribution in [1.29, 1.82) is 0 Å². The summed E-state index contributed by atoms with van der Waals surface area (Å²) in [5.41, 5.74) is 1.88. The number of fused-ring (bicyclic) bond motifs is 1. The predicted octanol–water partition coefficient (Wildman–Crippen LogP) is 1.26. The summed E-state index contributed by atoms with van der Waals surface area (Å²) in [7, 11) is 0. The Hall–Kier alpha value is -1.54. The number of rotatable bonds is 4. The van der Waals surface area contributed by atoms with Crippen LogP contribution >= 0.6 is 0 Å². The number of aliphatic hydroxyl groups is 1. The number of aryl methyl sites for hydroxylation is 1. The van der Waals surface area contributed by atoms with E-state index in [9.17, 15) is 18.7 Å². The van der Waals surface area contributed by atoms with Crippen molar-refractivity contribution in [3.05, 3.63) is 17.0 Å². The van der Waals surface area contributed by atoms with Crippen molar-refractivity contribution >= 4 is 5.91 Å². The van der Waals surface area contributed by atoms with Crippen LogP contribution in [0.2, 0.25) is 0 Å². The molecule has 2 fully saturated rings. The van der Waals surface area contributed by atoms with Gasteiger partial charge in [-0.1, -0.05) is 5.16 Å². The van der Waals surface area contributed by atoms with E-state index in [-0.39, 0.29) is 30.9 Å². The lowest BCUT2D eigenvalue weighted by Crippen LogP contribution is -2.49. The molecule has 4 rings (SSSR count). The van der Waals surface area contributed by atoms with Crippen LogP contribution in [-0.2, 0) is 24.2 Å². The van der Waals surface area contributed by atoms with Crippen molar-refractivity contribution in [3.8, 4) is 0 Å². The summed E-state index contributed by atoms with van der Waals surface area (Å²) in [6.45, 7) is 2.10. The monoisotopic (exact) mass is 355 g/mol. The van der Waals surface area contributed by atoms with Crippen LogP contribution in [0.5, 0.6) is 0 Å². The highest BCUT2D eigenvalue weighted by molar-refractivity contribution is 5.80. The first-order chi connectivity index (χ1) is 11.9. The maximum Gasteiger partial charge on any atom is 0.249 e. The molecule has 1 aromatic heterocycles. The Morgan fingerprint density at radius 2 is 2.20 bits per heavy atom. The number of aromatic nitrogens is 1. The number of aliphatic hydroxyl groups excluding tert-OH is 1. The van der Waals surface area contributed by atoms with Gasteiger partial charge in [-0.05, 0) is 19.3 Å². The Balaban J connectivity index is 1.36. The summed E-state index contributed by atoms with van der Waals surface area (Å²) >= 11 is 0. The van der Waals surface area contributed by atoms with Gasteiger partial charge >= 0.3 is 0 Å². The highest BCUT2D eigenvalue weighted by Crippen LogP contribution is 2.42. The minimum Gasteiger partial charge on any atom is -0.392 e. The summed E-state index contributed by atoms with van der Waals surface area (Å²) in [6.07, 6.45) is 1.86. The molecule has 25 heavy (non-hydrogen) atoms. The van der Waals surface area contributed by atoms with E-state index in [1.165, 1.54) is 0 Å². The first kappa shape index (κ1) is 16.9. The van der Waals surface area contributed by atoms with Crippen molar-refractivity contribution in [1.82, 2.24) is 15.4 Å². The zero-order valence-corrected chi connectivity index (χ0v) is 14.0. The van der Waals surface area contributed by atoms with Crippen LogP contribution in [0.3, 0.4) is 0 Å². The zero-order chi connectivity index (χ0) is 17.6. The molecule has 138 valence electrons. The number of nitrogens with zero attached hydrogens (tertiary/aromatic N) is 2. The van der Waals surface area contributed by atoms with Crippen LogP contribution in [0.1, 0.15) is 42.7 Å². The quantitative estimate of drug-likeness (QED) is 0.850. The molecule has 3 aliphatic rings. The predicted molar refractivity (Wildman–Crippen MR) is 84.0 cm³/mol. The second-order valence-corrected chi connectivity index (χ2v) is 7.62. The Morgan fingerprint density at radius 1 is 1.40 bits per heavy atom. The lowest BCUT2D eigenvalue weighted by molar-refractivity contribution is -0.150. The van der Waals surface area contributed by atoms with Crippen LogP contribution in [0.15, 0.2) is 4.52 Å². The van der Waals surface area contributed by atoms with Crippen LogP contribution in [0, 0.1) is 5.92 Å². The summed E-state index contributed by atoms with van der Waals surface area (Å²) in [6, 6.07) is -0.0588. The fourth-order valence-electron chi connectivity index (χ4n) is 4.04. The molecule has 0 radical (unpaired) electrons. The van der Waals surface area contributed by atoms with Crippen molar-refractivity contribution in [2.24, 2.45) is 5.92 Å². The van der Waals surface area contributed by atoms with Gasteiger partial charge in [-0.2, -0.15) is 0 Å². The number of halogens is 2. The molecule has 2 heterocycles. The number of hydrogen-bond acceptors (Lipinski definition) is 5. The second-order valence-electron chi connectivity index (χ2n) is 7.62. The number of nitrogens with one attached hydrogen (secondary N) is 1. The zero-order valence-electron chi connectivity index (χ0n) is 14.0.